The molecule has 0 saturated heterocycles. The second-order valence-electron chi connectivity index (χ2n) is 4.76. The topological polar surface area (TPSA) is 72.2 Å². The molecule has 0 saturated carbocycles. The van der Waals surface area contributed by atoms with Gasteiger partial charge in [0.25, 0.3) is 5.69 Å². The summed E-state index contributed by atoms with van der Waals surface area (Å²) in [5, 5.41) is 13.5. The Kier molecular flexibility index (Phi) is 3.32. The number of nitro benzene ring substituents is 1. The number of amides is 1. The Hall–Kier alpha value is -1.91. The highest BCUT2D eigenvalue weighted by molar-refractivity contribution is 5.91. The molecule has 0 heterocycles. The van der Waals surface area contributed by atoms with Crippen molar-refractivity contribution in [2.75, 3.05) is 5.32 Å². The van der Waals surface area contributed by atoms with Crippen LogP contribution >= 0.6 is 0 Å². The summed E-state index contributed by atoms with van der Waals surface area (Å²) in [4.78, 5) is 21.6. The Morgan fingerprint density at radius 1 is 1.44 bits per heavy atom. The first kappa shape index (κ1) is 12.5. The second-order valence-corrected chi connectivity index (χ2v) is 4.76. The number of nitrogens with one attached hydrogen (secondary N) is 1. The number of carbonyl (C=O) groups excluding carboxylic acids is 1. The summed E-state index contributed by atoms with van der Waals surface area (Å²) < 4.78 is 0. The molecule has 1 aromatic carbocycles. The maximum Gasteiger partial charge on any atom is 0.293 e. The molecular weight excluding hydrogens is 232 g/mol. The second kappa shape index (κ2) is 4.76. The molecule has 1 aromatic rings. The maximum absolute atomic E-state index is 11.1. The summed E-state index contributed by atoms with van der Waals surface area (Å²) in [6.45, 7) is 3.48. The van der Waals surface area contributed by atoms with E-state index in [2.05, 4.69) is 12.2 Å². The molecule has 0 radical (unpaired) electrons. The van der Waals surface area contributed by atoms with E-state index in [0.717, 1.165) is 30.4 Å². The Morgan fingerprint density at radius 3 is 2.56 bits per heavy atom. The van der Waals surface area contributed by atoms with Gasteiger partial charge in [-0.25, -0.2) is 0 Å². The summed E-state index contributed by atoms with van der Waals surface area (Å²) in [6, 6.07) is 3.36. The SMILES string of the molecule is CCC1Cc2cc(NC(C)=O)c([N+](=O)[O-])cc2C1. The normalized spacial score (nSPS) is 17.3. The molecule has 1 aliphatic rings. The van der Waals surface area contributed by atoms with Crippen LogP contribution in [0.25, 0.3) is 0 Å². The molecule has 1 N–H and O–H groups in total. The highest BCUT2D eigenvalue weighted by atomic mass is 16.6. The van der Waals surface area contributed by atoms with Crippen LogP contribution in [-0.2, 0) is 17.6 Å². The highest BCUT2D eigenvalue weighted by Crippen LogP contribution is 2.36. The molecule has 18 heavy (non-hydrogen) atoms. The van der Waals surface area contributed by atoms with Crippen LogP contribution in [0.4, 0.5) is 11.4 Å². The minimum absolute atomic E-state index is 0.0132. The fourth-order valence-corrected chi connectivity index (χ4v) is 2.48. The van der Waals surface area contributed by atoms with Crippen LogP contribution in [0.3, 0.4) is 0 Å². The predicted molar refractivity (Wildman–Crippen MR) is 68.6 cm³/mol. The Balaban J connectivity index is 2.42. The Bertz CT molecular complexity index is 511. The predicted octanol–water partition coefficient (Wildman–Crippen LogP) is 2.68. The summed E-state index contributed by atoms with van der Waals surface area (Å²) in [6.07, 6.45) is 2.90. The van der Waals surface area contributed by atoms with Crippen molar-refractivity contribution in [3.8, 4) is 0 Å². The number of rotatable bonds is 3. The number of fused-ring (bicyclic) bond motifs is 1. The number of hydrogen-bond donors (Lipinski definition) is 1. The number of hydrogen-bond acceptors (Lipinski definition) is 3. The molecular formula is C13H16N2O3. The third-order valence-electron chi connectivity index (χ3n) is 3.42. The van der Waals surface area contributed by atoms with Gasteiger partial charge >= 0.3 is 0 Å². The van der Waals surface area contributed by atoms with E-state index in [1.54, 1.807) is 12.1 Å². The first-order chi connectivity index (χ1) is 8.51. The number of benzene rings is 1. The summed E-state index contributed by atoms with van der Waals surface area (Å²) >= 11 is 0. The van der Waals surface area contributed by atoms with Crippen molar-refractivity contribution < 1.29 is 9.72 Å². The monoisotopic (exact) mass is 248 g/mol. The Labute approximate surface area is 105 Å². The molecule has 0 bridgehead atoms. The lowest BCUT2D eigenvalue weighted by molar-refractivity contribution is -0.384. The van der Waals surface area contributed by atoms with Gasteiger partial charge in [-0.1, -0.05) is 13.3 Å². The fraction of sp³-hybridized carbons (Fsp3) is 0.462. The zero-order chi connectivity index (χ0) is 13.3. The molecule has 96 valence electrons. The van der Waals surface area contributed by atoms with Crippen molar-refractivity contribution in [3.63, 3.8) is 0 Å². The Morgan fingerprint density at radius 2 is 2.06 bits per heavy atom. The van der Waals surface area contributed by atoms with E-state index in [1.165, 1.54) is 6.92 Å². The van der Waals surface area contributed by atoms with E-state index in [0.29, 0.717) is 11.6 Å². The van der Waals surface area contributed by atoms with Crippen LogP contribution in [0.2, 0.25) is 0 Å². The first-order valence-electron chi connectivity index (χ1n) is 6.09. The van der Waals surface area contributed by atoms with E-state index < -0.39 is 4.92 Å². The third kappa shape index (κ3) is 2.34. The zero-order valence-corrected chi connectivity index (χ0v) is 10.5. The smallest absolute Gasteiger partial charge is 0.293 e. The van der Waals surface area contributed by atoms with Gasteiger partial charge in [-0.2, -0.15) is 0 Å². The molecule has 1 atom stereocenters. The van der Waals surface area contributed by atoms with Crippen LogP contribution in [0.1, 0.15) is 31.4 Å². The quantitative estimate of drug-likeness (QED) is 0.660. The van der Waals surface area contributed by atoms with Gasteiger partial charge < -0.3 is 5.32 Å². The van der Waals surface area contributed by atoms with Gasteiger partial charge in [-0.05, 0) is 36.0 Å². The van der Waals surface area contributed by atoms with Gasteiger partial charge in [0.2, 0.25) is 5.91 Å². The highest BCUT2D eigenvalue weighted by Gasteiger charge is 2.25. The maximum atomic E-state index is 11.1. The number of nitrogens with zero attached hydrogens (tertiary/aromatic N) is 1. The molecule has 5 nitrogen and oxygen atoms in total. The standard InChI is InChI=1S/C13H16N2O3/c1-3-9-4-10-6-12(14-8(2)16)13(15(17)18)7-11(10)5-9/h6-7,9H,3-5H2,1-2H3,(H,14,16). The summed E-state index contributed by atoms with van der Waals surface area (Å²) in [7, 11) is 0. The van der Waals surface area contributed by atoms with E-state index >= 15 is 0 Å². The number of anilines is 1. The van der Waals surface area contributed by atoms with E-state index in [4.69, 9.17) is 0 Å². The van der Waals surface area contributed by atoms with Gasteiger partial charge in [0, 0.05) is 13.0 Å². The average Bonchev–Trinajstić information content (AvgIpc) is 2.68. The lowest BCUT2D eigenvalue weighted by Crippen LogP contribution is -2.08. The lowest BCUT2D eigenvalue weighted by Gasteiger charge is -2.06. The minimum Gasteiger partial charge on any atom is -0.321 e. The molecule has 1 aliphatic carbocycles. The third-order valence-corrected chi connectivity index (χ3v) is 3.42. The number of carbonyl (C=O) groups is 1. The minimum atomic E-state index is -0.440. The largest absolute Gasteiger partial charge is 0.321 e. The molecule has 1 amide bonds. The van der Waals surface area contributed by atoms with E-state index in [-0.39, 0.29) is 11.6 Å². The van der Waals surface area contributed by atoms with Gasteiger partial charge in [0.1, 0.15) is 5.69 Å². The fourth-order valence-electron chi connectivity index (χ4n) is 2.48. The molecule has 0 fully saturated rings. The summed E-state index contributed by atoms with van der Waals surface area (Å²) in [5.41, 5.74) is 2.46. The van der Waals surface area contributed by atoms with Crippen molar-refractivity contribution in [2.45, 2.75) is 33.1 Å². The zero-order valence-electron chi connectivity index (χ0n) is 10.5. The van der Waals surface area contributed by atoms with Gasteiger partial charge in [0.05, 0.1) is 4.92 Å². The van der Waals surface area contributed by atoms with Crippen LogP contribution in [0, 0.1) is 16.0 Å². The average molecular weight is 248 g/mol. The van der Waals surface area contributed by atoms with Gasteiger partial charge in [-0.3, -0.25) is 14.9 Å². The molecule has 0 spiro atoms. The van der Waals surface area contributed by atoms with Crippen molar-refractivity contribution in [3.05, 3.63) is 33.4 Å². The van der Waals surface area contributed by atoms with Gasteiger partial charge in [-0.15, -0.1) is 0 Å². The van der Waals surface area contributed by atoms with Crippen LogP contribution in [0.15, 0.2) is 12.1 Å². The van der Waals surface area contributed by atoms with Crippen LogP contribution in [0.5, 0.6) is 0 Å². The molecule has 1 unspecified atom stereocenters. The molecule has 5 heteroatoms. The van der Waals surface area contributed by atoms with Gasteiger partial charge in [0.15, 0.2) is 0 Å². The molecule has 2 rings (SSSR count). The van der Waals surface area contributed by atoms with Crippen LogP contribution < -0.4 is 5.32 Å². The lowest BCUT2D eigenvalue weighted by atomic mass is 10.0. The van der Waals surface area contributed by atoms with E-state index in [1.807, 2.05) is 0 Å². The number of nitro groups is 1. The summed E-state index contributed by atoms with van der Waals surface area (Å²) in [5.74, 6) is 0.273. The van der Waals surface area contributed by atoms with E-state index in [9.17, 15) is 14.9 Å². The van der Waals surface area contributed by atoms with Crippen molar-refractivity contribution in [2.24, 2.45) is 5.92 Å². The van der Waals surface area contributed by atoms with Crippen molar-refractivity contribution in [1.29, 1.82) is 0 Å². The van der Waals surface area contributed by atoms with Crippen LogP contribution in [-0.4, -0.2) is 10.8 Å². The van der Waals surface area contributed by atoms with Crippen molar-refractivity contribution in [1.82, 2.24) is 0 Å². The first-order valence-corrected chi connectivity index (χ1v) is 6.09. The molecule has 0 aliphatic heterocycles. The van der Waals surface area contributed by atoms with Crippen molar-refractivity contribution >= 4 is 17.3 Å². The molecule has 0 aromatic heterocycles.